The van der Waals surface area contributed by atoms with Gasteiger partial charge in [0.15, 0.2) is 80.5 Å². The maximum Gasteiger partial charge on any atom is 0.212 e. The van der Waals surface area contributed by atoms with E-state index in [4.69, 9.17) is 5.53 Å². The van der Waals surface area contributed by atoms with Gasteiger partial charge < -0.3 is 0 Å². The van der Waals surface area contributed by atoms with Crippen LogP contribution in [0.1, 0.15) is 10.4 Å². The summed E-state index contributed by atoms with van der Waals surface area (Å²) in [6.07, 6.45) is -5.19. The van der Waals surface area contributed by atoms with Crippen LogP contribution in [0.4, 0.5) is 93.5 Å². The molecule has 26 heteroatoms. The van der Waals surface area contributed by atoms with Gasteiger partial charge >= 0.3 is 0 Å². The Balaban J connectivity index is 0.000000330. The lowest BCUT2D eigenvalue weighted by Gasteiger charge is -2.44. The molecule has 0 spiro atoms. The number of hydrogen-bond acceptors (Lipinski definition) is 2. The Labute approximate surface area is 351 Å². The number of benzene rings is 6. The molecule has 0 saturated heterocycles. The SMILES string of the molecule is C[S+](CC(=O)c1ccccc1)c1cccc(N=[N+]=[N-])c1.Fc1c(F)c(F)c([B-](c2c(F)c(F)c(F)c(F)c2F)(c2c(F)c(F)c(F)c(F)c2F)c2c(F)c(F)c(F)c(F)c2F)c(F)c1F. The summed E-state index contributed by atoms with van der Waals surface area (Å²) in [5.41, 5.74) is -4.57. The first-order valence-electron chi connectivity index (χ1n) is 17.0. The second kappa shape index (κ2) is 18.8. The smallest absolute Gasteiger partial charge is 0.212 e. The highest BCUT2D eigenvalue weighted by Crippen LogP contribution is 2.31. The number of ketones is 1. The van der Waals surface area contributed by atoms with Gasteiger partial charge in [-0.2, -0.15) is 0 Å². The predicted molar refractivity (Wildman–Crippen MR) is 192 cm³/mol. The molecule has 0 aliphatic heterocycles. The van der Waals surface area contributed by atoms with Gasteiger partial charge in [-0.3, -0.25) is 4.79 Å². The average molecular weight is 963 g/mol. The predicted octanol–water partition coefficient (Wildman–Crippen LogP) is 9.96. The van der Waals surface area contributed by atoms with E-state index in [0.717, 1.165) is 10.5 Å². The van der Waals surface area contributed by atoms with Crippen LogP contribution in [0, 0.1) is 116 Å². The van der Waals surface area contributed by atoms with E-state index >= 15 is 35.1 Å². The summed E-state index contributed by atoms with van der Waals surface area (Å²) in [5, 5.41) is 3.59. The molecule has 1 unspecified atom stereocenters. The molecule has 0 fully saturated rings. The first-order valence-corrected chi connectivity index (χ1v) is 18.8. The van der Waals surface area contributed by atoms with Gasteiger partial charge in [0.2, 0.25) is 5.78 Å². The quantitative estimate of drug-likeness (QED) is 0.0164. The molecule has 0 saturated carbocycles. The molecule has 0 heterocycles. The highest BCUT2D eigenvalue weighted by atomic mass is 32.2. The number of halogens is 20. The zero-order valence-electron chi connectivity index (χ0n) is 31.2. The van der Waals surface area contributed by atoms with Crippen molar-refractivity contribution < 1.29 is 92.6 Å². The molecule has 0 bridgehead atoms. The van der Waals surface area contributed by atoms with E-state index in [2.05, 4.69) is 10.0 Å². The molecule has 65 heavy (non-hydrogen) atoms. The van der Waals surface area contributed by atoms with Gasteiger partial charge in [-0.25, -0.2) is 87.8 Å². The van der Waals surface area contributed by atoms with Crippen LogP contribution in [0.5, 0.6) is 0 Å². The summed E-state index contributed by atoms with van der Waals surface area (Å²) in [6, 6.07) is 16.7. The van der Waals surface area contributed by atoms with E-state index in [1.165, 1.54) is 0 Å². The van der Waals surface area contributed by atoms with E-state index in [-0.39, 0.29) is 16.7 Å². The van der Waals surface area contributed by atoms with Crippen molar-refractivity contribution in [1.29, 1.82) is 0 Å². The van der Waals surface area contributed by atoms with Crippen molar-refractivity contribution in [2.75, 3.05) is 12.0 Å². The molecular formula is C39H14BF20N3OS. The van der Waals surface area contributed by atoms with Crippen LogP contribution in [0.15, 0.2) is 64.6 Å². The molecule has 0 aliphatic rings. The van der Waals surface area contributed by atoms with Crippen LogP contribution in [0.3, 0.4) is 0 Å². The van der Waals surface area contributed by atoms with E-state index in [0.29, 0.717) is 11.4 Å². The van der Waals surface area contributed by atoms with Gasteiger partial charge in [0, 0.05) is 33.1 Å². The van der Waals surface area contributed by atoms with E-state index in [1.54, 1.807) is 6.07 Å². The first kappa shape index (κ1) is 49.3. The molecular weight excluding hydrogens is 949 g/mol. The highest BCUT2D eigenvalue weighted by molar-refractivity contribution is 7.96. The summed E-state index contributed by atoms with van der Waals surface area (Å²) in [6.45, 7) is 0. The van der Waals surface area contributed by atoms with Crippen LogP contribution in [0.2, 0.25) is 0 Å². The normalized spacial score (nSPS) is 11.8. The number of nitrogens with zero attached hydrogens (tertiary/aromatic N) is 3. The lowest BCUT2D eigenvalue weighted by atomic mass is 9.12. The monoisotopic (exact) mass is 963 g/mol. The molecule has 0 aromatic heterocycles. The summed E-state index contributed by atoms with van der Waals surface area (Å²) in [5.74, 6) is -70.8. The van der Waals surface area contributed by atoms with Gasteiger partial charge in [0.25, 0.3) is 0 Å². The first-order chi connectivity index (χ1) is 30.4. The van der Waals surface area contributed by atoms with Crippen molar-refractivity contribution in [3.8, 4) is 0 Å². The van der Waals surface area contributed by atoms with Gasteiger partial charge in [0.05, 0.1) is 0 Å². The van der Waals surface area contributed by atoms with Crippen LogP contribution >= 0.6 is 0 Å². The number of carbonyl (C=O) groups excluding carboxylic acids is 1. The van der Waals surface area contributed by atoms with Crippen LogP contribution in [-0.4, -0.2) is 23.9 Å². The van der Waals surface area contributed by atoms with Gasteiger partial charge in [-0.05, 0) is 11.6 Å². The Kier molecular flexibility index (Phi) is 14.3. The average Bonchev–Trinajstić information content (AvgIpc) is 3.29. The third-order valence-electron chi connectivity index (χ3n) is 9.53. The van der Waals surface area contributed by atoms with Gasteiger partial charge in [-0.1, -0.05) is 47.6 Å². The fraction of sp³-hybridized carbons (Fsp3) is 0.0513. The molecule has 6 aromatic carbocycles. The standard InChI is InChI=1S/C24BF20.C15H14N3OS/c26-5-1(6(27)14(35)21(42)13(5)34)25(2-7(28)15(36)22(43)16(37)8(2)29,3-9(30)17(38)23(44)18(39)10(3)31)4-11(32)19(40)24(45)20(41)12(4)33;1-20(11-15(19)12-6-3-2-4-7-12)14-9-5-8-13(10-14)17-18-16/h;2-10H,11H2,1H3/q-1;+1. The third-order valence-corrected chi connectivity index (χ3v) is 11.3. The molecule has 6 rings (SSSR count). The van der Waals surface area contributed by atoms with Crippen molar-refractivity contribution >= 4 is 50.4 Å². The van der Waals surface area contributed by atoms with Crippen molar-refractivity contribution in [3.63, 3.8) is 0 Å². The van der Waals surface area contributed by atoms with Crippen LogP contribution in [-0.2, 0) is 10.9 Å². The minimum absolute atomic E-state index is 0.130. The number of azide groups is 1. The van der Waals surface area contributed by atoms with Crippen LogP contribution in [0.25, 0.3) is 10.4 Å². The molecule has 0 aliphatic carbocycles. The lowest BCUT2D eigenvalue weighted by Crippen LogP contribution is -2.81. The maximum atomic E-state index is 15.4. The summed E-state index contributed by atoms with van der Waals surface area (Å²) >= 11 is 0. The van der Waals surface area contributed by atoms with E-state index < -0.39 is 144 Å². The van der Waals surface area contributed by atoms with Crippen LogP contribution < -0.4 is 21.9 Å². The summed E-state index contributed by atoms with van der Waals surface area (Å²) in [4.78, 5) is 16.0. The molecule has 4 nitrogen and oxygen atoms in total. The Bertz CT molecular complexity index is 2590. The van der Waals surface area contributed by atoms with Crippen molar-refractivity contribution in [3.05, 3.63) is 187 Å². The highest BCUT2D eigenvalue weighted by Gasteiger charge is 2.52. The minimum atomic E-state index is -7.22. The molecule has 0 amide bonds. The Morgan fingerprint density at radius 1 is 0.462 bits per heavy atom. The van der Waals surface area contributed by atoms with Gasteiger partial charge in [0.1, 0.15) is 58.9 Å². The van der Waals surface area contributed by atoms with Crippen molar-refractivity contribution in [2.24, 2.45) is 5.11 Å². The topological polar surface area (TPSA) is 65.8 Å². The molecule has 6 aromatic rings. The fourth-order valence-corrected chi connectivity index (χ4v) is 8.04. The third kappa shape index (κ3) is 8.19. The van der Waals surface area contributed by atoms with Crippen molar-refractivity contribution in [1.82, 2.24) is 0 Å². The molecule has 1 atom stereocenters. The Morgan fingerprint density at radius 2 is 0.754 bits per heavy atom. The summed E-state index contributed by atoms with van der Waals surface area (Å²) < 4.78 is 294. The van der Waals surface area contributed by atoms with Crippen molar-refractivity contribution in [2.45, 2.75) is 4.90 Å². The molecule has 0 radical (unpaired) electrons. The summed E-state index contributed by atoms with van der Waals surface area (Å²) in [7, 11) is -0.211. The number of carbonyl (C=O) groups is 1. The number of rotatable bonds is 9. The van der Waals surface area contributed by atoms with Gasteiger partial charge in [-0.15, -0.1) is 21.9 Å². The minimum Gasteiger partial charge on any atom is -0.289 e. The molecule has 0 N–H and O–H groups in total. The number of hydrogen-bond donors (Lipinski definition) is 0. The lowest BCUT2D eigenvalue weighted by molar-refractivity contribution is 0.102. The maximum absolute atomic E-state index is 15.4. The van der Waals surface area contributed by atoms with E-state index in [9.17, 15) is 57.5 Å². The zero-order chi connectivity index (χ0) is 48.7. The molecule has 340 valence electrons. The number of Topliss-reactive ketones (excluding diaryl/α,β-unsaturated/α-hetero) is 1. The largest absolute Gasteiger partial charge is 0.289 e. The Morgan fingerprint density at radius 3 is 1.05 bits per heavy atom. The zero-order valence-corrected chi connectivity index (χ0v) is 32.0. The second-order valence-corrected chi connectivity index (χ2v) is 15.1. The van der Waals surface area contributed by atoms with E-state index in [1.807, 2.05) is 54.8 Å². The second-order valence-electron chi connectivity index (χ2n) is 13.1. The Hall–Kier alpha value is -6.69. The fourth-order valence-electron chi connectivity index (χ4n) is 6.68.